The number of carbonyl (C=O) groups excluding carboxylic acids is 1. The molecule has 7 nitrogen and oxygen atoms in total. The fourth-order valence-corrected chi connectivity index (χ4v) is 3.70. The first-order valence-corrected chi connectivity index (χ1v) is 10.8. The lowest BCUT2D eigenvalue weighted by Gasteiger charge is -2.25. The Hall–Kier alpha value is -3.84. The normalized spacial score (nSPS) is 12.0. The lowest BCUT2D eigenvalue weighted by Crippen LogP contribution is -2.34. The van der Waals surface area contributed by atoms with Gasteiger partial charge in [0.15, 0.2) is 0 Å². The maximum absolute atomic E-state index is 13.0. The molecule has 4 rings (SSSR count). The summed E-state index contributed by atoms with van der Waals surface area (Å²) >= 11 is 0. The number of aromatic nitrogens is 2. The molecule has 0 fully saturated rings. The zero-order chi connectivity index (χ0) is 23.2. The average Bonchev–Trinajstić information content (AvgIpc) is 3.26. The average molecular weight is 445 g/mol. The van der Waals surface area contributed by atoms with Gasteiger partial charge in [0, 0.05) is 18.9 Å². The van der Waals surface area contributed by atoms with Crippen LogP contribution in [-0.4, -0.2) is 47.9 Å². The van der Waals surface area contributed by atoms with Gasteiger partial charge in [-0.3, -0.25) is 4.79 Å². The second-order valence-electron chi connectivity index (χ2n) is 7.95. The molecule has 0 bridgehead atoms. The van der Waals surface area contributed by atoms with Crippen molar-refractivity contribution in [2.75, 3.05) is 27.7 Å². The van der Waals surface area contributed by atoms with Crippen LogP contribution in [0.25, 0.3) is 5.65 Å². The summed E-state index contributed by atoms with van der Waals surface area (Å²) < 4.78 is 13.2. The number of nitrogens with one attached hydrogen (secondary N) is 1. The standard InChI is InChI=1S/C26H28N4O3/c1-29(2)23(19-11-13-21(32-3)14-12-19)16-27-26(31)22-8-4-5-9-24(22)33-18-20-17-30-15-7-6-10-25(30)28-20/h4-15,17,23H,16,18H2,1-3H3,(H,27,31)/t23-/m1/s1. The highest BCUT2D eigenvalue weighted by Gasteiger charge is 2.18. The zero-order valence-electron chi connectivity index (χ0n) is 19.1. The third-order valence-electron chi connectivity index (χ3n) is 5.50. The molecule has 1 N–H and O–H groups in total. The van der Waals surface area contributed by atoms with Gasteiger partial charge in [-0.25, -0.2) is 4.98 Å². The van der Waals surface area contributed by atoms with Crippen LogP contribution in [0.1, 0.15) is 27.7 Å². The van der Waals surface area contributed by atoms with Gasteiger partial charge in [0.2, 0.25) is 0 Å². The summed E-state index contributed by atoms with van der Waals surface area (Å²) in [5.41, 5.74) is 3.24. The number of benzene rings is 2. The van der Waals surface area contributed by atoms with Crippen LogP contribution in [0.4, 0.5) is 0 Å². The molecule has 33 heavy (non-hydrogen) atoms. The molecule has 2 aromatic heterocycles. The van der Waals surface area contributed by atoms with Gasteiger partial charge >= 0.3 is 0 Å². The van der Waals surface area contributed by atoms with Crippen molar-refractivity contribution in [2.45, 2.75) is 12.6 Å². The number of hydrogen-bond acceptors (Lipinski definition) is 5. The quantitative estimate of drug-likeness (QED) is 0.423. The van der Waals surface area contributed by atoms with Crippen molar-refractivity contribution in [3.8, 4) is 11.5 Å². The van der Waals surface area contributed by atoms with Crippen LogP contribution >= 0.6 is 0 Å². The van der Waals surface area contributed by atoms with E-state index in [0.29, 0.717) is 17.9 Å². The highest BCUT2D eigenvalue weighted by Crippen LogP contribution is 2.22. The lowest BCUT2D eigenvalue weighted by molar-refractivity contribution is 0.0937. The maximum atomic E-state index is 13.0. The Labute approximate surface area is 193 Å². The number of methoxy groups -OCH3 is 1. The number of imidazole rings is 1. The summed E-state index contributed by atoms with van der Waals surface area (Å²) in [5.74, 6) is 1.15. The van der Waals surface area contributed by atoms with Gasteiger partial charge < -0.3 is 24.1 Å². The molecule has 2 heterocycles. The number of hydrogen-bond donors (Lipinski definition) is 1. The van der Waals surface area contributed by atoms with Crippen molar-refractivity contribution in [2.24, 2.45) is 0 Å². The smallest absolute Gasteiger partial charge is 0.255 e. The summed E-state index contributed by atoms with van der Waals surface area (Å²) in [6.45, 7) is 0.733. The largest absolute Gasteiger partial charge is 0.497 e. The van der Waals surface area contributed by atoms with E-state index in [2.05, 4.69) is 15.2 Å². The van der Waals surface area contributed by atoms with Crippen molar-refractivity contribution in [3.63, 3.8) is 0 Å². The number of ether oxygens (including phenoxy) is 2. The molecule has 0 aliphatic heterocycles. The van der Waals surface area contributed by atoms with E-state index in [1.54, 1.807) is 19.2 Å². The zero-order valence-corrected chi connectivity index (χ0v) is 19.1. The van der Waals surface area contributed by atoms with E-state index in [-0.39, 0.29) is 18.6 Å². The monoisotopic (exact) mass is 444 g/mol. The van der Waals surface area contributed by atoms with Crippen LogP contribution in [0, 0.1) is 0 Å². The number of likely N-dealkylation sites (N-methyl/N-ethyl adjacent to an activating group) is 1. The molecule has 0 saturated carbocycles. The molecular formula is C26H28N4O3. The molecule has 1 amide bonds. The Balaban J connectivity index is 1.43. The van der Waals surface area contributed by atoms with E-state index in [0.717, 1.165) is 22.7 Å². The molecular weight excluding hydrogens is 416 g/mol. The Kier molecular flexibility index (Phi) is 6.90. The topological polar surface area (TPSA) is 68.1 Å². The van der Waals surface area contributed by atoms with Crippen molar-refractivity contribution in [1.29, 1.82) is 0 Å². The van der Waals surface area contributed by atoms with E-state index in [9.17, 15) is 4.79 Å². The summed E-state index contributed by atoms with van der Waals surface area (Å²) in [4.78, 5) is 19.7. The van der Waals surface area contributed by atoms with Crippen molar-refractivity contribution in [3.05, 3.63) is 95.9 Å². The van der Waals surface area contributed by atoms with Crippen LogP contribution < -0.4 is 14.8 Å². The van der Waals surface area contributed by atoms with Crippen molar-refractivity contribution < 1.29 is 14.3 Å². The molecule has 4 aromatic rings. The van der Waals surface area contributed by atoms with Gasteiger partial charge in [0.25, 0.3) is 5.91 Å². The molecule has 0 unspecified atom stereocenters. The lowest BCUT2D eigenvalue weighted by atomic mass is 10.1. The minimum atomic E-state index is -0.180. The molecule has 7 heteroatoms. The summed E-state index contributed by atoms with van der Waals surface area (Å²) in [6.07, 6.45) is 3.87. The molecule has 2 aromatic carbocycles. The number of rotatable bonds is 9. The van der Waals surface area contributed by atoms with Gasteiger partial charge in [-0.05, 0) is 56.1 Å². The third-order valence-corrected chi connectivity index (χ3v) is 5.50. The van der Waals surface area contributed by atoms with Gasteiger partial charge in [-0.2, -0.15) is 0 Å². The molecule has 0 saturated heterocycles. The Bertz CT molecular complexity index is 1180. The number of fused-ring (bicyclic) bond motifs is 1. The summed E-state index contributed by atoms with van der Waals surface area (Å²) in [5, 5.41) is 3.06. The minimum Gasteiger partial charge on any atom is -0.497 e. The first-order valence-electron chi connectivity index (χ1n) is 10.8. The van der Waals surface area contributed by atoms with Gasteiger partial charge in [0.1, 0.15) is 23.8 Å². The van der Waals surface area contributed by atoms with Crippen molar-refractivity contribution >= 4 is 11.6 Å². The molecule has 0 spiro atoms. The fourth-order valence-electron chi connectivity index (χ4n) is 3.70. The van der Waals surface area contributed by atoms with E-state index >= 15 is 0 Å². The second-order valence-corrected chi connectivity index (χ2v) is 7.95. The number of carbonyl (C=O) groups is 1. The fraction of sp³-hybridized carbons (Fsp3) is 0.231. The van der Waals surface area contributed by atoms with E-state index in [1.165, 1.54) is 0 Å². The minimum absolute atomic E-state index is 0.0194. The van der Waals surface area contributed by atoms with Gasteiger partial charge in [0.05, 0.1) is 24.4 Å². The van der Waals surface area contributed by atoms with Crippen LogP contribution in [0.5, 0.6) is 11.5 Å². The summed E-state index contributed by atoms with van der Waals surface area (Å²) in [6, 6.07) is 21.0. The van der Waals surface area contributed by atoms with Gasteiger partial charge in [-0.15, -0.1) is 0 Å². The molecule has 0 radical (unpaired) electrons. The van der Waals surface area contributed by atoms with Crippen LogP contribution in [0.15, 0.2) is 79.1 Å². The Morgan fingerprint density at radius 2 is 1.82 bits per heavy atom. The van der Waals surface area contributed by atoms with E-state index in [1.807, 2.05) is 85.5 Å². The Morgan fingerprint density at radius 3 is 2.55 bits per heavy atom. The van der Waals surface area contributed by atoms with Gasteiger partial charge in [-0.1, -0.05) is 30.3 Å². The number of para-hydroxylation sites is 1. The third kappa shape index (κ3) is 5.32. The molecule has 1 atom stereocenters. The van der Waals surface area contributed by atoms with Crippen LogP contribution in [0.3, 0.4) is 0 Å². The number of nitrogens with zero attached hydrogens (tertiary/aromatic N) is 3. The van der Waals surface area contributed by atoms with Crippen LogP contribution in [-0.2, 0) is 6.61 Å². The number of amides is 1. The summed E-state index contributed by atoms with van der Waals surface area (Å²) in [7, 11) is 5.63. The highest BCUT2D eigenvalue weighted by molar-refractivity contribution is 5.96. The molecule has 0 aliphatic rings. The van der Waals surface area contributed by atoms with E-state index < -0.39 is 0 Å². The van der Waals surface area contributed by atoms with Crippen LogP contribution in [0.2, 0.25) is 0 Å². The first kappa shape index (κ1) is 22.4. The van der Waals surface area contributed by atoms with Crippen molar-refractivity contribution in [1.82, 2.24) is 19.6 Å². The number of pyridine rings is 1. The SMILES string of the molecule is COc1ccc([C@@H](CNC(=O)c2ccccc2OCc2cn3ccccc3n2)N(C)C)cc1. The Morgan fingerprint density at radius 1 is 1.06 bits per heavy atom. The molecule has 170 valence electrons. The maximum Gasteiger partial charge on any atom is 0.255 e. The second kappa shape index (κ2) is 10.2. The van der Waals surface area contributed by atoms with E-state index in [4.69, 9.17) is 9.47 Å². The highest BCUT2D eigenvalue weighted by atomic mass is 16.5. The predicted molar refractivity (Wildman–Crippen MR) is 128 cm³/mol. The predicted octanol–water partition coefficient (Wildman–Crippen LogP) is 3.95. The molecule has 0 aliphatic carbocycles. The first-order chi connectivity index (χ1) is 16.0.